The molecule has 1 aliphatic rings. The monoisotopic (exact) mass is 492 g/mol. The summed E-state index contributed by atoms with van der Waals surface area (Å²) in [5.74, 6) is 2.63. The summed E-state index contributed by atoms with van der Waals surface area (Å²) in [6.07, 6.45) is 4.02. The van der Waals surface area contributed by atoms with Crippen molar-refractivity contribution < 1.29 is 9.52 Å². The third kappa shape index (κ3) is 8.39. The first kappa shape index (κ1) is 24.2. The van der Waals surface area contributed by atoms with Crippen molar-refractivity contribution in [3.8, 4) is 0 Å². The average molecular weight is 492 g/mol. The minimum absolute atomic E-state index is 0. The average Bonchev–Trinajstić information content (AvgIpc) is 3.06. The van der Waals surface area contributed by atoms with Crippen molar-refractivity contribution in [3.05, 3.63) is 23.7 Å². The van der Waals surface area contributed by atoms with E-state index < -0.39 is 5.60 Å². The van der Waals surface area contributed by atoms with E-state index in [0.29, 0.717) is 11.7 Å². The van der Waals surface area contributed by atoms with Crippen LogP contribution in [0.15, 0.2) is 21.5 Å². The molecule has 0 aromatic carbocycles. The molecule has 2 unspecified atom stereocenters. The fourth-order valence-corrected chi connectivity index (χ4v) is 3.29. The minimum Gasteiger partial charge on any atom is -0.463 e. The van der Waals surface area contributed by atoms with Gasteiger partial charge in [-0.05, 0) is 64.8 Å². The van der Waals surface area contributed by atoms with Crippen LogP contribution in [0.2, 0.25) is 0 Å². The Bertz CT molecular complexity index is 568. The molecule has 1 aliphatic heterocycles. The van der Waals surface area contributed by atoms with Crippen molar-refractivity contribution in [2.24, 2.45) is 10.9 Å². The van der Waals surface area contributed by atoms with E-state index in [4.69, 9.17) is 4.42 Å². The zero-order chi connectivity index (χ0) is 19.0. The second-order valence-electron chi connectivity index (χ2n) is 7.73. The van der Waals surface area contributed by atoms with Crippen LogP contribution in [0.1, 0.15) is 51.6 Å². The van der Waals surface area contributed by atoms with Gasteiger partial charge in [-0.2, -0.15) is 0 Å². The zero-order valence-corrected chi connectivity index (χ0v) is 19.6. The van der Waals surface area contributed by atoms with Gasteiger partial charge in [-0.25, -0.2) is 4.99 Å². The maximum Gasteiger partial charge on any atom is 0.191 e. The number of likely N-dealkylation sites (tertiary alicyclic amines) is 1. The molecule has 7 heteroatoms. The fraction of sp³-hybridized carbons (Fsp3) is 0.750. The van der Waals surface area contributed by atoms with Gasteiger partial charge in [0.05, 0.1) is 6.54 Å². The van der Waals surface area contributed by atoms with Crippen LogP contribution in [-0.4, -0.2) is 55.2 Å². The Kier molecular flexibility index (Phi) is 10.7. The number of guanidine groups is 1. The molecule has 2 heterocycles. The summed E-state index contributed by atoms with van der Waals surface area (Å²) >= 11 is 0. The van der Waals surface area contributed by atoms with Gasteiger partial charge in [0.2, 0.25) is 0 Å². The minimum atomic E-state index is -1.12. The number of aliphatic imine (C=N–C) groups is 1. The highest BCUT2D eigenvalue weighted by Gasteiger charge is 2.26. The van der Waals surface area contributed by atoms with Crippen LogP contribution in [0.5, 0.6) is 0 Å². The van der Waals surface area contributed by atoms with E-state index in [-0.39, 0.29) is 30.5 Å². The number of aryl methyl sites for hydroxylation is 1. The van der Waals surface area contributed by atoms with Crippen LogP contribution in [0.4, 0.5) is 0 Å². The maximum absolute atomic E-state index is 10.6. The van der Waals surface area contributed by atoms with Crippen molar-refractivity contribution in [3.63, 3.8) is 0 Å². The van der Waals surface area contributed by atoms with Crippen molar-refractivity contribution in [2.75, 3.05) is 39.3 Å². The number of nitrogens with one attached hydrogen (secondary N) is 2. The second-order valence-corrected chi connectivity index (χ2v) is 7.73. The molecule has 1 saturated heterocycles. The SMILES string of the molecule is CCNC(=NCC(C)(O)c1ccc(C)o1)NCC(C)CN1CCCCC1.I. The molecule has 3 N–H and O–H groups in total. The molecule has 0 saturated carbocycles. The summed E-state index contributed by atoms with van der Waals surface area (Å²) in [7, 11) is 0. The van der Waals surface area contributed by atoms with Crippen LogP contribution in [0, 0.1) is 12.8 Å². The molecule has 0 amide bonds. The van der Waals surface area contributed by atoms with E-state index in [1.807, 2.05) is 26.0 Å². The number of furan rings is 1. The van der Waals surface area contributed by atoms with Gasteiger partial charge >= 0.3 is 0 Å². The van der Waals surface area contributed by atoms with Crippen LogP contribution in [-0.2, 0) is 5.60 Å². The number of nitrogens with zero attached hydrogens (tertiary/aromatic N) is 2. The third-order valence-corrected chi connectivity index (χ3v) is 4.80. The smallest absolute Gasteiger partial charge is 0.191 e. The zero-order valence-electron chi connectivity index (χ0n) is 17.3. The number of aliphatic hydroxyl groups is 1. The summed E-state index contributed by atoms with van der Waals surface area (Å²) in [5.41, 5.74) is -1.12. The molecule has 27 heavy (non-hydrogen) atoms. The second kappa shape index (κ2) is 11.9. The first-order valence-corrected chi connectivity index (χ1v) is 9.94. The standard InChI is InChI=1S/C20H36N4O2.HI/c1-5-21-19(22-13-16(2)14-24-11-7-6-8-12-24)23-15-20(4,25)18-10-9-17(3)26-18;/h9-10,16,25H,5-8,11-15H2,1-4H3,(H2,21,22,23);1H. The quantitative estimate of drug-likeness (QED) is 0.296. The highest BCUT2D eigenvalue weighted by atomic mass is 127. The number of rotatable bonds is 8. The van der Waals surface area contributed by atoms with Gasteiger partial charge in [-0.1, -0.05) is 13.3 Å². The van der Waals surface area contributed by atoms with Crippen LogP contribution >= 0.6 is 24.0 Å². The lowest BCUT2D eigenvalue weighted by Crippen LogP contribution is -2.43. The van der Waals surface area contributed by atoms with Crippen molar-refractivity contribution in [1.29, 1.82) is 0 Å². The van der Waals surface area contributed by atoms with Gasteiger partial charge in [0, 0.05) is 19.6 Å². The van der Waals surface area contributed by atoms with Gasteiger partial charge in [-0.3, -0.25) is 0 Å². The third-order valence-electron chi connectivity index (χ3n) is 4.80. The van der Waals surface area contributed by atoms with Gasteiger partial charge in [0.25, 0.3) is 0 Å². The molecular weight excluding hydrogens is 455 g/mol. The number of hydrogen-bond acceptors (Lipinski definition) is 4. The Morgan fingerprint density at radius 1 is 1.30 bits per heavy atom. The van der Waals surface area contributed by atoms with Crippen LogP contribution in [0.3, 0.4) is 0 Å². The van der Waals surface area contributed by atoms with E-state index in [1.54, 1.807) is 6.92 Å². The van der Waals surface area contributed by atoms with Gasteiger partial charge < -0.3 is 25.1 Å². The molecule has 1 fully saturated rings. The lowest BCUT2D eigenvalue weighted by molar-refractivity contribution is 0.0428. The highest BCUT2D eigenvalue weighted by molar-refractivity contribution is 14.0. The summed E-state index contributed by atoms with van der Waals surface area (Å²) in [4.78, 5) is 7.12. The molecular formula is C20H37IN4O2. The molecule has 156 valence electrons. The molecule has 6 nitrogen and oxygen atoms in total. The normalized spacial score (nSPS) is 19.1. The van der Waals surface area contributed by atoms with Crippen molar-refractivity contribution in [1.82, 2.24) is 15.5 Å². The van der Waals surface area contributed by atoms with Crippen molar-refractivity contribution in [2.45, 2.75) is 52.6 Å². The maximum atomic E-state index is 10.6. The van der Waals surface area contributed by atoms with E-state index in [1.165, 1.54) is 32.4 Å². The van der Waals surface area contributed by atoms with Gasteiger partial charge in [0.1, 0.15) is 17.1 Å². The van der Waals surface area contributed by atoms with E-state index in [0.717, 1.165) is 31.4 Å². The molecule has 0 aliphatic carbocycles. The highest BCUT2D eigenvalue weighted by Crippen LogP contribution is 2.23. The first-order valence-electron chi connectivity index (χ1n) is 9.94. The Morgan fingerprint density at radius 3 is 2.59 bits per heavy atom. The lowest BCUT2D eigenvalue weighted by atomic mass is 10.0. The van der Waals surface area contributed by atoms with Gasteiger partial charge in [0.15, 0.2) is 5.96 Å². The van der Waals surface area contributed by atoms with Crippen molar-refractivity contribution >= 4 is 29.9 Å². The largest absolute Gasteiger partial charge is 0.463 e. The molecule has 0 bridgehead atoms. The summed E-state index contributed by atoms with van der Waals surface area (Å²) in [6.45, 7) is 13.4. The molecule has 1 aromatic rings. The Morgan fingerprint density at radius 2 is 2.00 bits per heavy atom. The number of piperidine rings is 1. The first-order chi connectivity index (χ1) is 12.4. The van der Waals surface area contributed by atoms with E-state index >= 15 is 0 Å². The molecule has 0 spiro atoms. The molecule has 0 radical (unpaired) electrons. The Hall–Kier alpha value is -0.800. The van der Waals surface area contributed by atoms with E-state index in [9.17, 15) is 5.11 Å². The Labute approximate surface area is 181 Å². The topological polar surface area (TPSA) is 73.0 Å². The predicted molar refractivity (Wildman–Crippen MR) is 122 cm³/mol. The molecule has 2 rings (SSSR count). The van der Waals surface area contributed by atoms with Gasteiger partial charge in [-0.15, -0.1) is 24.0 Å². The fourth-order valence-electron chi connectivity index (χ4n) is 3.29. The summed E-state index contributed by atoms with van der Waals surface area (Å²) in [5, 5.41) is 17.3. The lowest BCUT2D eigenvalue weighted by Gasteiger charge is -2.29. The summed E-state index contributed by atoms with van der Waals surface area (Å²) < 4.78 is 5.56. The van der Waals surface area contributed by atoms with Crippen LogP contribution < -0.4 is 10.6 Å². The Balaban J connectivity index is 0.00000364. The van der Waals surface area contributed by atoms with E-state index in [2.05, 4.69) is 27.4 Å². The summed E-state index contributed by atoms with van der Waals surface area (Å²) in [6, 6.07) is 3.67. The molecule has 1 aromatic heterocycles. The molecule has 2 atom stereocenters. The number of halogens is 1. The predicted octanol–water partition coefficient (Wildman–Crippen LogP) is 3.09. The van der Waals surface area contributed by atoms with Crippen LogP contribution in [0.25, 0.3) is 0 Å². The number of hydrogen-bond donors (Lipinski definition) is 3.